The summed E-state index contributed by atoms with van der Waals surface area (Å²) < 4.78 is 9.66. The topological polar surface area (TPSA) is 55.8 Å². The van der Waals surface area contributed by atoms with Crippen LogP contribution >= 0.6 is 0 Å². The van der Waals surface area contributed by atoms with Crippen LogP contribution < -0.4 is 0 Å². The second-order valence-electron chi connectivity index (χ2n) is 5.79. The van der Waals surface area contributed by atoms with Crippen LogP contribution in [0.5, 0.6) is 0 Å². The van der Waals surface area contributed by atoms with Gasteiger partial charge >= 0.3 is 11.9 Å². The van der Waals surface area contributed by atoms with Crippen LogP contribution in [-0.2, 0) is 25.6 Å². The molecule has 120 valence electrons. The van der Waals surface area contributed by atoms with Crippen LogP contribution in [0.1, 0.15) is 24.8 Å². The number of carbonyl (C=O) groups is 2. The zero-order chi connectivity index (χ0) is 16.0. The zero-order valence-electron chi connectivity index (χ0n) is 13.2. The first kappa shape index (κ1) is 16.5. The van der Waals surface area contributed by atoms with E-state index in [0.29, 0.717) is 12.8 Å². The molecule has 5 heteroatoms. The molecule has 1 heterocycles. The zero-order valence-corrected chi connectivity index (χ0v) is 13.2. The van der Waals surface area contributed by atoms with Gasteiger partial charge in [-0.3, -0.25) is 14.5 Å². The molecule has 1 aliphatic rings. The van der Waals surface area contributed by atoms with Crippen molar-refractivity contribution in [1.82, 2.24) is 4.90 Å². The van der Waals surface area contributed by atoms with Gasteiger partial charge in [-0.05, 0) is 31.5 Å². The molecule has 1 aromatic rings. The second kappa shape index (κ2) is 7.40. The molecule has 0 N–H and O–H groups in total. The van der Waals surface area contributed by atoms with Gasteiger partial charge in [-0.15, -0.1) is 0 Å². The fraction of sp³-hybridized carbons (Fsp3) is 0.529. The Morgan fingerprint density at radius 1 is 1.09 bits per heavy atom. The lowest BCUT2D eigenvalue weighted by Crippen LogP contribution is -2.45. The van der Waals surface area contributed by atoms with Crippen molar-refractivity contribution in [2.24, 2.45) is 5.41 Å². The average Bonchev–Trinajstić information content (AvgIpc) is 2.56. The number of hydrogen-bond acceptors (Lipinski definition) is 5. The van der Waals surface area contributed by atoms with Crippen molar-refractivity contribution in [3.63, 3.8) is 0 Å². The van der Waals surface area contributed by atoms with Crippen LogP contribution in [-0.4, -0.2) is 44.1 Å². The predicted octanol–water partition coefficient (Wildman–Crippen LogP) is 2.00. The smallest absolute Gasteiger partial charge is 0.312 e. The Kier molecular flexibility index (Phi) is 5.55. The van der Waals surface area contributed by atoms with Gasteiger partial charge in [0.25, 0.3) is 0 Å². The first-order valence-electron chi connectivity index (χ1n) is 7.51. The molecule has 0 saturated carbocycles. The number of rotatable bonds is 5. The molecule has 0 atom stereocenters. The van der Waals surface area contributed by atoms with Gasteiger partial charge in [0, 0.05) is 6.54 Å². The maximum Gasteiger partial charge on any atom is 0.312 e. The Morgan fingerprint density at radius 3 is 2.27 bits per heavy atom. The summed E-state index contributed by atoms with van der Waals surface area (Å²) in [5, 5.41) is 0. The molecule has 1 fully saturated rings. The SMILES string of the molecule is COC(=O)CC1(C(=O)OC)CCN(Cc2ccccc2)CC1. The van der Waals surface area contributed by atoms with Gasteiger partial charge < -0.3 is 9.47 Å². The number of carbonyl (C=O) groups excluding carboxylic acids is 2. The van der Waals surface area contributed by atoms with Crippen molar-refractivity contribution < 1.29 is 19.1 Å². The molecule has 2 rings (SSSR count). The number of nitrogens with zero attached hydrogens (tertiary/aromatic N) is 1. The molecule has 0 radical (unpaired) electrons. The van der Waals surface area contributed by atoms with Crippen molar-refractivity contribution in [1.29, 1.82) is 0 Å². The van der Waals surface area contributed by atoms with E-state index in [0.717, 1.165) is 19.6 Å². The van der Waals surface area contributed by atoms with Gasteiger partial charge in [0.15, 0.2) is 0 Å². The molecule has 5 nitrogen and oxygen atoms in total. The molecule has 0 amide bonds. The monoisotopic (exact) mass is 305 g/mol. The summed E-state index contributed by atoms with van der Waals surface area (Å²) in [5.41, 5.74) is 0.510. The van der Waals surface area contributed by atoms with E-state index in [2.05, 4.69) is 17.0 Å². The highest BCUT2D eigenvalue weighted by Crippen LogP contribution is 2.37. The summed E-state index contributed by atoms with van der Waals surface area (Å²) >= 11 is 0. The maximum atomic E-state index is 12.2. The Bertz CT molecular complexity index is 507. The minimum Gasteiger partial charge on any atom is -0.469 e. The molecule has 0 bridgehead atoms. The fourth-order valence-corrected chi connectivity index (χ4v) is 3.00. The molecule has 1 aromatic carbocycles. The van der Waals surface area contributed by atoms with Crippen LogP contribution in [0.25, 0.3) is 0 Å². The Labute approximate surface area is 131 Å². The summed E-state index contributed by atoms with van der Waals surface area (Å²) in [6, 6.07) is 10.2. The van der Waals surface area contributed by atoms with Crippen molar-refractivity contribution >= 4 is 11.9 Å². The van der Waals surface area contributed by atoms with Crippen molar-refractivity contribution in [2.45, 2.75) is 25.8 Å². The quantitative estimate of drug-likeness (QED) is 0.779. The fourth-order valence-electron chi connectivity index (χ4n) is 3.00. The van der Waals surface area contributed by atoms with Crippen molar-refractivity contribution in [2.75, 3.05) is 27.3 Å². The molecule has 1 aliphatic heterocycles. The number of hydrogen-bond donors (Lipinski definition) is 0. The van der Waals surface area contributed by atoms with E-state index in [1.54, 1.807) is 0 Å². The third-order valence-corrected chi connectivity index (χ3v) is 4.39. The lowest BCUT2D eigenvalue weighted by atomic mass is 9.75. The summed E-state index contributed by atoms with van der Waals surface area (Å²) in [6.07, 6.45) is 1.32. The Morgan fingerprint density at radius 2 is 1.73 bits per heavy atom. The third-order valence-electron chi connectivity index (χ3n) is 4.39. The molecular weight excluding hydrogens is 282 g/mol. The van der Waals surface area contributed by atoms with Gasteiger partial charge in [-0.1, -0.05) is 30.3 Å². The molecule has 0 spiro atoms. The largest absolute Gasteiger partial charge is 0.469 e. The van der Waals surface area contributed by atoms with Crippen LogP contribution in [0.2, 0.25) is 0 Å². The molecule has 0 unspecified atom stereocenters. The van der Waals surface area contributed by atoms with Crippen LogP contribution in [0.15, 0.2) is 30.3 Å². The summed E-state index contributed by atoms with van der Waals surface area (Å²) in [7, 11) is 2.72. The molecule has 22 heavy (non-hydrogen) atoms. The van der Waals surface area contributed by atoms with E-state index >= 15 is 0 Å². The molecular formula is C17H23NO4. The summed E-state index contributed by atoms with van der Waals surface area (Å²) in [6.45, 7) is 2.39. The molecule has 1 saturated heterocycles. The normalized spacial score (nSPS) is 17.7. The van der Waals surface area contributed by atoms with Gasteiger partial charge in [-0.25, -0.2) is 0 Å². The highest BCUT2D eigenvalue weighted by Gasteiger charge is 2.44. The van der Waals surface area contributed by atoms with Gasteiger partial charge in [-0.2, -0.15) is 0 Å². The molecule has 0 aromatic heterocycles. The van der Waals surface area contributed by atoms with Crippen LogP contribution in [0.3, 0.4) is 0 Å². The van der Waals surface area contributed by atoms with Gasteiger partial charge in [0.2, 0.25) is 0 Å². The van der Waals surface area contributed by atoms with Gasteiger partial charge in [0.1, 0.15) is 0 Å². The predicted molar refractivity (Wildman–Crippen MR) is 82.0 cm³/mol. The first-order valence-corrected chi connectivity index (χ1v) is 7.51. The number of esters is 2. The number of ether oxygens (including phenoxy) is 2. The van der Waals surface area contributed by atoms with Crippen LogP contribution in [0.4, 0.5) is 0 Å². The van der Waals surface area contributed by atoms with Crippen molar-refractivity contribution in [3.05, 3.63) is 35.9 Å². The van der Waals surface area contributed by atoms with E-state index in [4.69, 9.17) is 9.47 Å². The second-order valence-corrected chi connectivity index (χ2v) is 5.79. The average molecular weight is 305 g/mol. The number of likely N-dealkylation sites (tertiary alicyclic amines) is 1. The van der Waals surface area contributed by atoms with Crippen molar-refractivity contribution in [3.8, 4) is 0 Å². The maximum absolute atomic E-state index is 12.2. The van der Waals surface area contributed by atoms with E-state index < -0.39 is 5.41 Å². The van der Waals surface area contributed by atoms with E-state index in [1.807, 2.05) is 18.2 Å². The van der Waals surface area contributed by atoms with Gasteiger partial charge in [0.05, 0.1) is 26.1 Å². The highest BCUT2D eigenvalue weighted by atomic mass is 16.5. The Hall–Kier alpha value is -1.88. The third kappa shape index (κ3) is 3.85. The van der Waals surface area contributed by atoms with E-state index in [9.17, 15) is 9.59 Å². The lowest BCUT2D eigenvalue weighted by Gasteiger charge is -2.39. The van der Waals surface area contributed by atoms with E-state index in [-0.39, 0.29) is 18.4 Å². The molecule has 0 aliphatic carbocycles. The summed E-state index contributed by atoms with van der Waals surface area (Å²) in [5.74, 6) is -0.667. The van der Waals surface area contributed by atoms with Crippen LogP contribution in [0, 0.1) is 5.41 Å². The number of piperidine rings is 1. The Balaban J connectivity index is 1.99. The summed E-state index contributed by atoms with van der Waals surface area (Å²) in [4.78, 5) is 26.1. The lowest BCUT2D eigenvalue weighted by molar-refractivity contribution is -0.163. The first-order chi connectivity index (χ1) is 10.6. The van der Waals surface area contributed by atoms with E-state index in [1.165, 1.54) is 19.8 Å². The number of benzene rings is 1. The number of methoxy groups -OCH3 is 2. The standard InChI is InChI=1S/C17H23NO4/c1-21-15(19)12-17(16(20)22-2)8-10-18(11-9-17)13-14-6-4-3-5-7-14/h3-7H,8-13H2,1-2H3. The highest BCUT2D eigenvalue weighted by molar-refractivity contribution is 5.83. The minimum atomic E-state index is -0.741. The minimum absolute atomic E-state index is 0.0926.